The van der Waals surface area contributed by atoms with Crippen molar-refractivity contribution in [2.45, 2.75) is 0 Å². The fourth-order valence-corrected chi connectivity index (χ4v) is 3.03. The maximum absolute atomic E-state index is 5.50. The van der Waals surface area contributed by atoms with Crippen molar-refractivity contribution in [3.63, 3.8) is 0 Å². The van der Waals surface area contributed by atoms with E-state index in [2.05, 4.69) is 16.1 Å². The molecule has 0 aliphatic carbocycles. The number of fused-ring (bicyclic) bond motifs is 2. The van der Waals surface area contributed by atoms with Crippen LogP contribution < -0.4 is 9.47 Å². The molecule has 0 atom stereocenters. The fraction of sp³-hybridized carbons (Fsp3) is 0.105. The number of rotatable bonds is 3. The third kappa shape index (κ3) is 2.11. The number of nitrogens with zero attached hydrogens (tertiary/aromatic N) is 1. The quantitative estimate of drug-likeness (QED) is 0.777. The Morgan fingerprint density at radius 1 is 1.00 bits per heavy atom. The monoisotopic (exact) mass is 304 g/mol. The molecule has 0 bridgehead atoms. The van der Waals surface area contributed by atoms with Crippen molar-refractivity contribution in [1.82, 2.24) is 4.98 Å². The van der Waals surface area contributed by atoms with Crippen LogP contribution in [0.4, 0.5) is 5.69 Å². The van der Waals surface area contributed by atoms with E-state index < -0.39 is 0 Å². The van der Waals surface area contributed by atoms with Crippen LogP contribution in [0.15, 0.2) is 47.6 Å². The van der Waals surface area contributed by atoms with Gasteiger partial charge < -0.3 is 14.5 Å². The molecule has 4 rings (SSSR count). The third-order valence-electron chi connectivity index (χ3n) is 4.08. The Labute approximate surface area is 134 Å². The van der Waals surface area contributed by atoms with Crippen LogP contribution in [0.25, 0.3) is 22.6 Å². The molecule has 0 amide bonds. The maximum atomic E-state index is 5.50. The highest BCUT2D eigenvalue weighted by Gasteiger charge is 2.18. The molecule has 4 heteroatoms. The number of aliphatic imine (C=N–C) groups is 1. The highest BCUT2D eigenvalue weighted by Crippen LogP contribution is 2.40. The lowest BCUT2D eigenvalue weighted by molar-refractivity contribution is 0.414. The van der Waals surface area contributed by atoms with Crippen LogP contribution in [0.1, 0.15) is 11.1 Å². The summed E-state index contributed by atoms with van der Waals surface area (Å²) in [6, 6.07) is 11.9. The number of methoxy groups -OCH3 is 2. The molecular weight excluding hydrogens is 288 g/mol. The van der Waals surface area contributed by atoms with Crippen LogP contribution in [0.5, 0.6) is 11.5 Å². The second kappa shape index (κ2) is 5.32. The molecule has 4 nitrogen and oxygen atoms in total. The first-order valence-electron chi connectivity index (χ1n) is 7.39. The van der Waals surface area contributed by atoms with E-state index in [1.807, 2.05) is 48.8 Å². The lowest BCUT2D eigenvalue weighted by Crippen LogP contribution is -1.89. The summed E-state index contributed by atoms with van der Waals surface area (Å²) in [7, 11) is 3.37. The largest absolute Gasteiger partial charge is 0.496 e. The highest BCUT2D eigenvalue weighted by molar-refractivity contribution is 6.23. The molecule has 2 heterocycles. The van der Waals surface area contributed by atoms with Crippen LogP contribution in [0, 0.1) is 0 Å². The lowest BCUT2D eigenvalue weighted by Gasteiger charge is -2.07. The van der Waals surface area contributed by atoms with E-state index in [-0.39, 0.29) is 0 Å². The van der Waals surface area contributed by atoms with Gasteiger partial charge in [-0.2, -0.15) is 0 Å². The summed E-state index contributed by atoms with van der Waals surface area (Å²) in [6.45, 7) is 0. The minimum absolute atomic E-state index is 0.832. The van der Waals surface area contributed by atoms with E-state index in [1.54, 1.807) is 14.2 Å². The fourth-order valence-electron chi connectivity index (χ4n) is 3.03. The molecule has 0 unspecified atom stereocenters. The Kier molecular flexibility index (Phi) is 3.15. The number of aromatic nitrogens is 1. The smallest absolute Gasteiger partial charge is 0.128 e. The summed E-state index contributed by atoms with van der Waals surface area (Å²) < 4.78 is 11.0. The summed E-state index contributed by atoms with van der Waals surface area (Å²) >= 11 is 0. The first-order valence-corrected chi connectivity index (χ1v) is 7.39. The van der Waals surface area contributed by atoms with Gasteiger partial charge in [0, 0.05) is 34.5 Å². The molecule has 23 heavy (non-hydrogen) atoms. The molecule has 1 aromatic heterocycles. The van der Waals surface area contributed by atoms with Gasteiger partial charge in [-0.1, -0.05) is 12.1 Å². The highest BCUT2D eigenvalue weighted by atomic mass is 16.5. The van der Waals surface area contributed by atoms with Gasteiger partial charge >= 0.3 is 0 Å². The van der Waals surface area contributed by atoms with Crippen LogP contribution in [0.3, 0.4) is 0 Å². The number of hydrogen-bond acceptors (Lipinski definition) is 3. The molecule has 114 valence electrons. The standard InChI is InChI=1S/C19H16N2O2/c1-22-16-7-3-5-14-18(16)12(10-20-14)9-13-11-21-15-6-4-8-17(23-2)19(13)15/h3-11,20H,1-2H3/b13-9+. The number of allylic oxidation sites excluding steroid dienone is 1. The van der Waals surface area contributed by atoms with E-state index in [4.69, 9.17) is 9.47 Å². The van der Waals surface area contributed by atoms with Gasteiger partial charge in [0.05, 0.1) is 25.5 Å². The van der Waals surface area contributed by atoms with Crippen LogP contribution in [-0.4, -0.2) is 25.4 Å². The lowest BCUT2D eigenvalue weighted by atomic mass is 10.0. The Bertz CT molecular complexity index is 951. The van der Waals surface area contributed by atoms with E-state index >= 15 is 0 Å². The zero-order valence-electron chi connectivity index (χ0n) is 13.0. The van der Waals surface area contributed by atoms with Crippen molar-refractivity contribution in [1.29, 1.82) is 0 Å². The van der Waals surface area contributed by atoms with Gasteiger partial charge in [-0.3, -0.25) is 4.99 Å². The minimum Gasteiger partial charge on any atom is -0.496 e. The van der Waals surface area contributed by atoms with Crippen LogP contribution in [0.2, 0.25) is 0 Å². The Balaban J connectivity index is 1.90. The molecule has 1 aliphatic rings. The van der Waals surface area contributed by atoms with Crippen LogP contribution >= 0.6 is 0 Å². The second-order valence-corrected chi connectivity index (χ2v) is 5.34. The van der Waals surface area contributed by atoms with E-state index in [0.717, 1.165) is 44.8 Å². The summed E-state index contributed by atoms with van der Waals surface area (Å²) in [6.07, 6.45) is 5.97. The molecule has 0 fully saturated rings. The second-order valence-electron chi connectivity index (χ2n) is 5.34. The predicted molar refractivity (Wildman–Crippen MR) is 93.9 cm³/mol. The average molecular weight is 304 g/mol. The van der Waals surface area contributed by atoms with Gasteiger partial charge in [-0.15, -0.1) is 0 Å². The van der Waals surface area contributed by atoms with Crippen molar-refractivity contribution < 1.29 is 9.47 Å². The molecule has 1 aliphatic heterocycles. The number of nitrogens with one attached hydrogen (secondary N) is 1. The maximum Gasteiger partial charge on any atom is 0.128 e. The third-order valence-corrected chi connectivity index (χ3v) is 4.08. The topological polar surface area (TPSA) is 46.6 Å². The molecule has 0 saturated carbocycles. The van der Waals surface area contributed by atoms with E-state index in [9.17, 15) is 0 Å². The van der Waals surface area contributed by atoms with Gasteiger partial charge in [-0.05, 0) is 30.3 Å². The minimum atomic E-state index is 0.832. The Hall–Kier alpha value is -3.01. The summed E-state index contributed by atoms with van der Waals surface area (Å²) in [5.41, 5.74) is 5.11. The number of aromatic amines is 1. The summed E-state index contributed by atoms with van der Waals surface area (Å²) in [5.74, 6) is 1.68. The van der Waals surface area contributed by atoms with Crippen molar-refractivity contribution in [2.75, 3.05) is 14.2 Å². The molecule has 1 N–H and O–H groups in total. The molecule has 0 radical (unpaired) electrons. The Morgan fingerprint density at radius 2 is 1.78 bits per heavy atom. The number of benzene rings is 2. The van der Waals surface area contributed by atoms with E-state index in [0.29, 0.717) is 0 Å². The van der Waals surface area contributed by atoms with E-state index in [1.165, 1.54) is 0 Å². The van der Waals surface area contributed by atoms with Crippen molar-refractivity contribution in [3.8, 4) is 11.5 Å². The first kappa shape index (κ1) is 13.6. The number of ether oxygens (including phenoxy) is 2. The van der Waals surface area contributed by atoms with Crippen molar-refractivity contribution in [2.24, 2.45) is 4.99 Å². The van der Waals surface area contributed by atoms with Gasteiger partial charge in [0.15, 0.2) is 0 Å². The molecule has 2 aromatic carbocycles. The van der Waals surface area contributed by atoms with Crippen LogP contribution in [-0.2, 0) is 0 Å². The SMILES string of the molecule is COc1cccc2c1/C(=C/c1c[nH]c3cccc(OC)c13)C=N2. The van der Waals surface area contributed by atoms with Gasteiger partial charge in [-0.25, -0.2) is 0 Å². The molecular formula is C19H16N2O2. The molecule has 0 saturated heterocycles. The Morgan fingerprint density at radius 3 is 2.61 bits per heavy atom. The molecule has 3 aromatic rings. The zero-order chi connectivity index (χ0) is 15.8. The first-order chi connectivity index (χ1) is 11.3. The van der Waals surface area contributed by atoms with Gasteiger partial charge in [0.2, 0.25) is 0 Å². The van der Waals surface area contributed by atoms with Gasteiger partial charge in [0.25, 0.3) is 0 Å². The zero-order valence-corrected chi connectivity index (χ0v) is 13.0. The molecule has 0 spiro atoms. The summed E-state index contributed by atoms with van der Waals surface area (Å²) in [5, 5.41) is 1.07. The normalized spacial score (nSPS) is 14.4. The van der Waals surface area contributed by atoms with Gasteiger partial charge in [0.1, 0.15) is 11.5 Å². The number of H-pyrrole nitrogens is 1. The van der Waals surface area contributed by atoms with Crippen molar-refractivity contribution in [3.05, 3.63) is 53.7 Å². The van der Waals surface area contributed by atoms with Crippen molar-refractivity contribution >= 4 is 34.5 Å². The number of hydrogen-bond donors (Lipinski definition) is 1. The predicted octanol–water partition coefficient (Wildman–Crippen LogP) is 4.44. The summed E-state index contributed by atoms with van der Waals surface area (Å²) in [4.78, 5) is 7.77. The average Bonchev–Trinajstić information content (AvgIpc) is 3.19.